The van der Waals surface area contributed by atoms with Crippen molar-refractivity contribution in [3.05, 3.63) is 63.3 Å². The topological polar surface area (TPSA) is 80.3 Å². The summed E-state index contributed by atoms with van der Waals surface area (Å²) in [6.07, 6.45) is 0. The average Bonchev–Trinajstić information content (AvgIpc) is 3.42. The molecule has 10 heteroatoms. The quantitative estimate of drug-likeness (QED) is 0.493. The summed E-state index contributed by atoms with van der Waals surface area (Å²) in [6.45, 7) is 2.58. The summed E-state index contributed by atoms with van der Waals surface area (Å²) >= 11 is 8.03. The van der Waals surface area contributed by atoms with Crippen LogP contribution in [0.15, 0.2) is 47.8 Å². The smallest absolute Gasteiger partial charge is 0.264 e. The first kappa shape index (κ1) is 24.7. The number of anilines is 2. The Morgan fingerprint density at radius 3 is 2.17 bits per heavy atom. The second-order valence-corrected chi connectivity index (χ2v) is 9.15. The van der Waals surface area contributed by atoms with Gasteiger partial charge in [0.25, 0.3) is 11.8 Å². The molecule has 0 bridgehead atoms. The zero-order valence-electron chi connectivity index (χ0n) is 19.7. The Bertz CT molecular complexity index is 1180. The number of rotatable bonds is 7. The van der Waals surface area contributed by atoms with Gasteiger partial charge in [0.15, 0.2) is 11.5 Å². The van der Waals surface area contributed by atoms with Crippen molar-refractivity contribution in [1.82, 2.24) is 4.90 Å². The van der Waals surface area contributed by atoms with Crippen molar-refractivity contribution in [2.75, 3.05) is 57.7 Å². The van der Waals surface area contributed by atoms with Gasteiger partial charge in [0.05, 0.1) is 36.9 Å². The highest BCUT2D eigenvalue weighted by atomic mass is 35.5. The molecule has 0 aliphatic carbocycles. The summed E-state index contributed by atoms with van der Waals surface area (Å²) < 4.78 is 16.0. The van der Waals surface area contributed by atoms with Crippen LogP contribution in [0.4, 0.5) is 11.4 Å². The predicted molar refractivity (Wildman–Crippen MR) is 138 cm³/mol. The van der Waals surface area contributed by atoms with Crippen molar-refractivity contribution >= 4 is 46.1 Å². The van der Waals surface area contributed by atoms with Crippen molar-refractivity contribution in [3.8, 4) is 17.2 Å². The maximum Gasteiger partial charge on any atom is 0.264 e. The molecule has 2 heterocycles. The number of methoxy groups -OCH3 is 3. The molecule has 8 nitrogen and oxygen atoms in total. The Labute approximate surface area is 213 Å². The van der Waals surface area contributed by atoms with E-state index < -0.39 is 0 Å². The van der Waals surface area contributed by atoms with Crippen LogP contribution in [0.3, 0.4) is 0 Å². The lowest BCUT2D eigenvalue weighted by Crippen LogP contribution is -2.48. The highest BCUT2D eigenvalue weighted by Crippen LogP contribution is 2.38. The first-order valence-electron chi connectivity index (χ1n) is 10.9. The number of halogens is 1. The number of nitrogens with one attached hydrogen (secondary N) is 1. The fourth-order valence-corrected chi connectivity index (χ4v) is 4.95. The Morgan fingerprint density at radius 1 is 0.943 bits per heavy atom. The summed E-state index contributed by atoms with van der Waals surface area (Å²) in [6, 6.07) is 12.3. The van der Waals surface area contributed by atoms with Crippen LogP contribution in [0, 0.1) is 0 Å². The fourth-order valence-electron chi connectivity index (χ4n) is 3.96. The molecule has 4 rings (SSSR count). The Hall–Kier alpha value is -3.43. The third-order valence-electron chi connectivity index (χ3n) is 5.77. The van der Waals surface area contributed by atoms with Crippen molar-refractivity contribution in [2.24, 2.45) is 0 Å². The van der Waals surface area contributed by atoms with E-state index in [1.807, 2.05) is 28.5 Å². The van der Waals surface area contributed by atoms with Gasteiger partial charge in [-0.15, -0.1) is 11.3 Å². The van der Waals surface area contributed by atoms with Gasteiger partial charge in [-0.2, -0.15) is 0 Å². The van der Waals surface area contributed by atoms with Gasteiger partial charge in [-0.1, -0.05) is 17.7 Å². The van der Waals surface area contributed by atoms with E-state index in [9.17, 15) is 9.59 Å². The number of nitrogens with zero attached hydrogens (tertiary/aromatic N) is 2. The lowest BCUT2D eigenvalue weighted by atomic mass is 10.1. The van der Waals surface area contributed by atoms with E-state index in [0.717, 1.165) is 10.6 Å². The summed E-state index contributed by atoms with van der Waals surface area (Å²) in [7, 11) is 4.50. The minimum absolute atomic E-state index is 0.0654. The molecular formula is C25H26ClN3O5S. The Balaban J connectivity index is 1.43. The minimum atomic E-state index is -0.339. The monoisotopic (exact) mass is 515 g/mol. The Kier molecular flexibility index (Phi) is 7.67. The summed E-state index contributed by atoms with van der Waals surface area (Å²) in [5, 5.41) is 5.29. The lowest BCUT2D eigenvalue weighted by molar-refractivity contribution is 0.0751. The molecule has 1 aliphatic heterocycles. The molecule has 1 fully saturated rings. The zero-order valence-corrected chi connectivity index (χ0v) is 21.2. The predicted octanol–water partition coefficient (Wildman–Crippen LogP) is 4.64. The molecule has 0 radical (unpaired) electrons. The molecular weight excluding hydrogens is 490 g/mol. The van der Waals surface area contributed by atoms with Gasteiger partial charge >= 0.3 is 0 Å². The van der Waals surface area contributed by atoms with Crippen molar-refractivity contribution in [2.45, 2.75) is 0 Å². The molecule has 2 aromatic carbocycles. The minimum Gasteiger partial charge on any atom is -0.493 e. The lowest BCUT2D eigenvalue weighted by Gasteiger charge is -2.36. The van der Waals surface area contributed by atoms with Crippen LogP contribution in [0.5, 0.6) is 17.2 Å². The first-order valence-corrected chi connectivity index (χ1v) is 12.2. The third-order valence-corrected chi connectivity index (χ3v) is 6.93. The number of carbonyl (C=O) groups is 2. The molecule has 3 aromatic rings. The average molecular weight is 516 g/mol. The number of benzene rings is 2. The largest absolute Gasteiger partial charge is 0.493 e. The van der Waals surface area contributed by atoms with Crippen LogP contribution in [0.25, 0.3) is 0 Å². The van der Waals surface area contributed by atoms with Crippen molar-refractivity contribution < 1.29 is 23.8 Å². The number of ether oxygens (including phenoxy) is 3. The SMILES string of the molecule is COc1cc(C(=O)Nc2ccc(N3CCN(C(=O)c4cccs4)CC3)c(Cl)c2)cc(OC)c1OC. The second-order valence-electron chi connectivity index (χ2n) is 7.79. The molecule has 35 heavy (non-hydrogen) atoms. The van der Waals surface area contributed by atoms with E-state index in [2.05, 4.69) is 10.2 Å². The maximum absolute atomic E-state index is 12.9. The number of amides is 2. The van der Waals surface area contributed by atoms with Crippen LogP contribution in [0.1, 0.15) is 20.0 Å². The van der Waals surface area contributed by atoms with E-state index >= 15 is 0 Å². The number of carbonyl (C=O) groups excluding carboxylic acids is 2. The molecule has 2 amide bonds. The van der Waals surface area contributed by atoms with Gasteiger partial charge < -0.3 is 29.3 Å². The molecule has 0 spiro atoms. The highest BCUT2D eigenvalue weighted by Gasteiger charge is 2.24. The Morgan fingerprint density at radius 2 is 1.63 bits per heavy atom. The van der Waals surface area contributed by atoms with E-state index in [-0.39, 0.29) is 11.8 Å². The van der Waals surface area contributed by atoms with Crippen molar-refractivity contribution in [3.63, 3.8) is 0 Å². The van der Waals surface area contributed by atoms with Crippen LogP contribution < -0.4 is 24.4 Å². The van der Waals surface area contributed by atoms with Crippen LogP contribution in [-0.2, 0) is 0 Å². The zero-order chi connectivity index (χ0) is 24.9. The second kappa shape index (κ2) is 10.9. The molecule has 0 saturated carbocycles. The number of hydrogen-bond donors (Lipinski definition) is 1. The molecule has 1 N–H and O–H groups in total. The number of hydrogen-bond acceptors (Lipinski definition) is 7. The van der Waals surface area contributed by atoms with E-state index in [1.165, 1.54) is 32.7 Å². The standard InChI is InChI=1S/C25H26ClN3O5S/c1-32-20-13-16(14-21(33-2)23(20)34-3)24(30)27-17-6-7-19(18(26)15-17)28-8-10-29(11-9-28)25(31)22-5-4-12-35-22/h4-7,12-15H,8-11H2,1-3H3,(H,27,30). The van der Waals surface area contributed by atoms with Gasteiger partial charge in [-0.3, -0.25) is 9.59 Å². The first-order chi connectivity index (χ1) is 16.9. The molecule has 1 aliphatic rings. The number of piperazine rings is 1. The van der Waals surface area contributed by atoms with Gasteiger partial charge in [0.1, 0.15) is 0 Å². The number of thiophene rings is 1. The fraction of sp³-hybridized carbons (Fsp3) is 0.280. The molecule has 1 saturated heterocycles. The van der Waals surface area contributed by atoms with Gasteiger partial charge in [0, 0.05) is 37.4 Å². The normalized spacial score (nSPS) is 13.4. The van der Waals surface area contributed by atoms with Gasteiger partial charge in [0.2, 0.25) is 5.75 Å². The van der Waals surface area contributed by atoms with Crippen LogP contribution >= 0.6 is 22.9 Å². The molecule has 0 unspecified atom stereocenters. The molecule has 0 atom stereocenters. The van der Waals surface area contributed by atoms with Crippen LogP contribution in [-0.4, -0.2) is 64.2 Å². The molecule has 1 aromatic heterocycles. The molecule has 184 valence electrons. The summed E-state index contributed by atoms with van der Waals surface area (Å²) in [4.78, 5) is 30.2. The van der Waals surface area contributed by atoms with E-state index in [1.54, 1.807) is 24.3 Å². The van der Waals surface area contributed by atoms with Gasteiger partial charge in [-0.25, -0.2) is 0 Å². The van der Waals surface area contributed by atoms with E-state index in [0.29, 0.717) is 59.7 Å². The third kappa shape index (κ3) is 5.31. The highest BCUT2D eigenvalue weighted by molar-refractivity contribution is 7.12. The summed E-state index contributed by atoms with van der Waals surface area (Å²) in [5.74, 6) is 0.921. The summed E-state index contributed by atoms with van der Waals surface area (Å²) in [5.41, 5.74) is 1.77. The van der Waals surface area contributed by atoms with Gasteiger partial charge in [-0.05, 0) is 41.8 Å². The maximum atomic E-state index is 12.9. The van der Waals surface area contributed by atoms with Crippen LogP contribution in [0.2, 0.25) is 5.02 Å². The van der Waals surface area contributed by atoms with E-state index in [4.69, 9.17) is 25.8 Å². The van der Waals surface area contributed by atoms with Crippen molar-refractivity contribution in [1.29, 1.82) is 0 Å².